The average Bonchev–Trinajstić information content (AvgIpc) is 2.58. The van der Waals surface area contributed by atoms with Crippen molar-refractivity contribution in [3.63, 3.8) is 0 Å². The van der Waals surface area contributed by atoms with E-state index in [0.29, 0.717) is 0 Å². The summed E-state index contributed by atoms with van der Waals surface area (Å²) >= 11 is 133. The van der Waals surface area contributed by atoms with Gasteiger partial charge in [-0.2, -0.15) is 0 Å². The molecule has 0 fully saturated rings. The fraction of sp³-hybridized carbons (Fsp3) is 1.00. The quantitative estimate of drug-likeness (QED) is 0.215. The van der Waals surface area contributed by atoms with E-state index in [1.54, 1.807) is 0 Å². The third-order valence-corrected chi connectivity index (χ3v) is 17.7. The van der Waals surface area contributed by atoms with E-state index in [9.17, 15) is 0 Å². The average molecular weight is 943 g/mol. The minimum Gasteiger partial charge on any atom is -0.311 e. The van der Waals surface area contributed by atoms with E-state index in [4.69, 9.17) is 255 Å². The molecule has 0 saturated carbocycles. The molecule has 0 aliphatic heterocycles. The molecule has 1 nitrogen and oxygen atoms in total. The zero-order valence-electron chi connectivity index (χ0n) is 15.2. The highest BCUT2D eigenvalue weighted by Gasteiger charge is 2.74. The van der Waals surface area contributed by atoms with Crippen LogP contribution in [0.5, 0.6) is 0 Å². The van der Waals surface area contributed by atoms with Gasteiger partial charge in [-0.3, -0.25) is 0 Å². The summed E-state index contributed by atoms with van der Waals surface area (Å²) in [5.74, 6) is 0. The summed E-state index contributed by atoms with van der Waals surface area (Å²) in [6.45, 7) is -1.29. The van der Waals surface area contributed by atoms with Crippen LogP contribution in [0, 0.1) is 0 Å². The standard InChI is InChI=1S/C12H5Cl22N/c13-3(14,5(17,18)7(21,22)9(25,26)11(29,30)31)1-35-2-4(15,16)6(19,20)8(23,24)10(27,28)12(32,33)34/h35H,1-2H2. The molecule has 0 spiro atoms. The van der Waals surface area contributed by atoms with Crippen LogP contribution in [-0.4, -0.2) is 55.3 Å². The van der Waals surface area contributed by atoms with E-state index in [1.807, 2.05) is 0 Å². The highest BCUT2D eigenvalue weighted by molar-refractivity contribution is 6.82. The molecule has 0 amide bonds. The predicted octanol–water partition coefficient (Wildman–Crippen LogP) is 12.7. The van der Waals surface area contributed by atoms with Gasteiger partial charge in [0.2, 0.25) is 16.3 Å². The lowest BCUT2D eigenvalue weighted by atomic mass is 10.1. The molecule has 1 N–H and O–H groups in total. The van der Waals surface area contributed by atoms with Crippen molar-refractivity contribution in [2.75, 3.05) is 13.1 Å². The van der Waals surface area contributed by atoms with Crippen LogP contribution in [0.4, 0.5) is 0 Å². The van der Waals surface area contributed by atoms with Crippen LogP contribution in [0.2, 0.25) is 0 Å². The Labute approximate surface area is 311 Å². The predicted molar refractivity (Wildman–Crippen MR) is 169 cm³/mol. The van der Waals surface area contributed by atoms with Crippen molar-refractivity contribution in [2.45, 2.75) is 42.3 Å². The third-order valence-electron chi connectivity index (χ3n) is 3.90. The van der Waals surface area contributed by atoms with Crippen molar-refractivity contribution >= 4 is 255 Å². The van der Waals surface area contributed by atoms with Gasteiger partial charge in [-0.25, -0.2) is 0 Å². The van der Waals surface area contributed by atoms with Crippen LogP contribution >= 0.6 is 255 Å². The first kappa shape index (κ1) is 41.3. The van der Waals surface area contributed by atoms with Crippen molar-refractivity contribution in [1.29, 1.82) is 0 Å². The van der Waals surface area contributed by atoms with Crippen molar-refractivity contribution in [1.82, 2.24) is 5.32 Å². The van der Waals surface area contributed by atoms with Crippen LogP contribution < -0.4 is 5.32 Å². The molecular formula is C12H5Cl22N. The monoisotopic (exact) mass is 932 g/mol. The summed E-state index contributed by atoms with van der Waals surface area (Å²) in [6.07, 6.45) is 0. The molecule has 0 aliphatic rings. The Morgan fingerprint density at radius 3 is 0.657 bits per heavy atom. The van der Waals surface area contributed by atoms with E-state index < -0.39 is 55.3 Å². The third kappa shape index (κ3) is 7.95. The zero-order chi connectivity index (χ0) is 29.1. The topological polar surface area (TPSA) is 12.0 Å². The SMILES string of the molecule is ClC(Cl)(Cl)C(Cl)(Cl)C(Cl)(Cl)C(Cl)(Cl)C(Cl)(Cl)CNCC(Cl)(Cl)C(Cl)(Cl)C(Cl)(Cl)C(Cl)(Cl)C(Cl)(Cl)Cl. The van der Waals surface area contributed by atoms with Gasteiger partial charge in [-0.05, 0) is 0 Å². The molecule has 0 aromatic rings. The van der Waals surface area contributed by atoms with Gasteiger partial charge >= 0.3 is 0 Å². The van der Waals surface area contributed by atoms with Gasteiger partial charge in [-0.15, -0.1) is 0 Å². The highest BCUT2D eigenvalue weighted by Crippen LogP contribution is 2.67. The number of nitrogens with one attached hydrogen (secondary N) is 1. The molecule has 0 aliphatic carbocycles. The first-order chi connectivity index (χ1) is 14.7. The molecular weight excluding hydrogens is 938 g/mol. The summed E-state index contributed by atoms with van der Waals surface area (Å²) in [7, 11) is 0. The Kier molecular flexibility index (Phi) is 15.3. The second-order valence-corrected chi connectivity index (χ2v) is 21.9. The fourth-order valence-corrected chi connectivity index (χ4v) is 7.57. The first-order valence-corrected chi connectivity index (χ1v) is 15.9. The number of halogens is 22. The molecule has 212 valence electrons. The largest absolute Gasteiger partial charge is 0.311 e. The van der Waals surface area contributed by atoms with Gasteiger partial charge in [0.25, 0.3) is 0 Å². The van der Waals surface area contributed by atoms with E-state index in [-0.39, 0.29) is 0 Å². The van der Waals surface area contributed by atoms with Gasteiger partial charge in [0, 0.05) is 13.1 Å². The van der Waals surface area contributed by atoms with Crippen LogP contribution in [0.15, 0.2) is 0 Å². The maximum Gasteiger partial charge on any atom is 0.226 e. The molecule has 0 bridgehead atoms. The molecule has 0 rings (SSSR count). The minimum atomic E-state index is -2.74. The second-order valence-electron chi connectivity index (χ2n) is 6.45. The lowest BCUT2D eigenvalue weighted by Gasteiger charge is -2.49. The van der Waals surface area contributed by atoms with Crippen molar-refractivity contribution in [2.24, 2.45) is 0 Å². The van der Waals surface area contributed by atoms with Crippen LogP contribution in [-0.2, 0) is 0 Å². The maximum absolute atomic E-state index is 6.26. The number of hydrogen-bond donors (Lipinski definition) is 1. The summed E-state index contributed by atoms with van der Waals surface area (Å²) in [5, 5.41) is 2.53. The number of rotatable bonds is 10. The molecule has 0 aromatic carbocycles. The van der Waals surface area contributed by atoms with E-state index in [2.05, 4.69) is 5.32 Å². The molecule has 0 atom stereocenters. The lowest BCUT2D eigenvalue weighted by molar-refractivity contribution is 0.468. The van der Waals surface area contributed by atoms with Crippen molar-refractivity contribution in [3.05, 3.63) is 0 Å². The van der Waals surface area contributed by atoms with Crippen LogP contribution in [0.1, 0.15) is 0 Å². The molecule has 0 heterocycles. The molecule has 0 radical (unpaired) electrons. The van der Waals surface area contributed by atoms with Gasteiger partial charge in [0.15, 0.2) is 26.0 Å². The van der Waals surface area contributed by atoms with Crippen molar-refractivity contribution in [3.8, 4) is 0 Å². The van der Waals surface area contributed by atoms with E-state index in [1.165, 1.54) is 0 Å². The first-order valence-electron chi connectivity index (χ1n) is 7.57. The smallest absolute Gasteiger partial charge is 0.226 e. The molecule has 0 unspecified atom stereocenters. The Morgan fingerprint density at radius 2 is 0.486 bits per heavy atom. The van der Waals surface area contributed by atoms with Gasteiger partial charge < -0.3 is 5.32 Å². The second kappa shape index (κ2) is 13.0. The Balaban J connectivity index is 5.95. The zero-order valence-corrected chi connectivity index (χ0v) is 31.9. The Morgan fingerprint density at radius 1 is 0.286 bits per heavy atom. The molecule has 0 aromatic heterocycles. The Bertz CT molecular complexity index is 679. The summed E-state index contributed by atoms with van der Waals surface area (Å²) in [5.41, 5.74) is 0. The lowest BCUT2D eigenvalue weighted by Crippen LogP contribution is -2.65. The molecule has 0 saturated heterocycles. The summed E-state index contributed by atoms with van der Waals surface area (Å²) in [4.78, 5) is 0. The maximum atomic E-state index is 6.26. The number of hydrogen-bond acceptors (Lipinski definition) is 1. The van der Waals surface area contributed by atoms with Crippen molar-refractivity contribution < 1.29 is 0 Å². The Hall–Kier alpha value is 6.34. The molecule has 35 heavy (non-hydrogen) atoms. The summed E-state index contributed by atoms with van der Waals surface area (Å²) in [6, 6.07) is 0. The molecule has 23 heteroatoms. The van der Waals surface area contributed by atoms with E-state index >= 15 is 0 Å². The van der Waals surface area contributed by atoms with Crippen LogP contribution in [0.3, 0.4) is 0 Å². The minimum absolute atomic E-state index is 0.645. The van der Waals surface area contributed by atoms with Gasteiger partial charge in [0.1, 0.15) is 0 Å². The fourth-order valence-electron chi connectivity index (χ4n) is 1.81. The summed E-state index contributed by atoms with van der Waals surface area (Å²) < 4.78 is -26.0. The normalized spacial score (nSPS) is 16.6. The highest BCUT2D eigenvalue weighted by atomic mass is 35.6. The van der Waals surface area contributed by atoms with E-state index in [0.717, 1.165) is 0 Å². The van der Waals surface area contributed by atoms with Gasteiger partial charge in [0.05, 0.1) is 0 Å². The van der Waals surface area contributed by atoms with Gasteiger partial charge in [-0.1, -0.05) is 255 Å². The van der Waals surface area contributed by atoms with Crippen LogP contribution in [0.25, 0.3) is 0 Å². The number of alkyl halides is 22.